The van der Waals surface area contributed by atoms with Gasteiger partial charge in [-0.05, 0) is 38.1 Å². The van der Waals surface area contributed by atoms with E-state index in [4.69, 9.17) is 9.26 Å². The van der Waals surface area contributed by atoms with E-state index >= 15 is 0 Å². The van der Waals surface area contributed by atoms with Crippen LogP contribution in [0.15, 0.2) is 4.52 Å². The Kier molecular flexibility index (Phi) is 9.50. The SMILES string of the molecule is CNC(=O)c1noc(CNC(=O)[C@@]23CC[C@@H](N4CCOCC4)C[C@H]2CCNC3)n1.Cl.Cl. The first-order valence-corrected chi connectivity index (χ1v) is 10.5. The molecule has 2 amide bonds. The first-order valence-electron chi connectivity index (χ1n) is 10.5. The van der Waals surface area contributed by atoms with Crippen molar-refractivity contribution in [1.82, 2.24) is 31.0 Å². The molecule has 4 rings (SSSR count). The van der Waals surface area contributed by atoms with Crippen molar-refractivity contribution in [3.8, 4) is 0 Å². The average molecular weight is 479 g/mol. The van der Waals surface area contributed by atoms with Gasteiger partial charge in [-0.15, -0.1) is 24.8 Å². The molecule has 0 spiro atoms. The maximum atomic E-state index is 13.3. The molecular weight excluding hydrogens is 447 g/mol. The summed E-state index contributed by atoms with van der Waals surface area (Å²) in [7, 11) is 1.50. The average Bonchev–Trinajstić information content (AvgIpc) is 3.26. The lowest BCUT2D eigenvalue weighted by atomic mass is 9.61. The summed E-state index contributed by atoms with van der Waals surface area (Å²) in [5.41, 5.74) is -0.398. The van der Waals surface area contributed by atoms with Gasteiger partial charge in [0.15, 0.2) is 0 Å². The molecule has 3 aliphatic rings. The number of morpholine rings is 1. The van der Waals surface area contributed by atoms with Crippen molar-refractivity contribution in [2.24, 2.45) is 11.3 Å². The molecule has 0 aromatic carbocycles. The molecule has 1 saturated carbocycles. The number of carbonyl (C=O) groups is 2. The molecule has 10 nitrogen and oxygen atoms in total. The second kappa shape index (κ2) is 11.4. The van der Waals surface area contributed by atoms with E-state index in [1.165, 1.54) is 7.05 Å². The highest BCUT2D eigenvalue weighted by Gasteiger charge is 2.50. The van der Waals surface area contributed by atoms with Gasteiger partial charge in [0.25, 0.3) is 11.7 Å². The van der Waals surface area contributed by atoms with Gasteiger partial charge in [-0.2, -0.15) is 4.98 Å². The molecule has 0 bridgehead atoms. The Morgan fingerprint density at radius 1 is 1.26 bits per heavy atom. The maximum absolute atomic E-state index is 13.3. The van der Waals surface area contributed by atoms with Gasteiger partial charge >= 0.3 is 0 Å². The lowest BCUT2D eigenvalue weighted by Crippen LogP contribution is -2.60. The summed E-state index contributed by atoms with van der Waals surface area (Å²) in [5.74, 6) is 0.181. The third kappa shape index (κ3) is 5.48. The molecule has 3 heterocycles. The molecule has 1 aromatic heterocycles. The Balaban J connectivity index is 0.00000171. The molecule has 2 aliphatic heterocycles. The predicted octanol–water partition coefficient (Wildman–Crippen LogP) is 0.370. The molecule has 3 atom stereocenters. The predicted molar refractivity (Wildman–Crippen MR) is 117 cm³/mol. The van der Waals surface area contributed by atoms with Crippen LogP contribution < -0.4 is 16.0 Å². The smallest absolute Gasteiger partial charge is 0.292 e. The van der Waals surface area contributed by atoms with Crippen molar-refractivity contribution >= 4 is 36.6 Å². The number of nitrogens with one attached hydrogen (secondary N) is 3. The fourth-order valence-corrected chi connectivity index (χ4v) is 5.03. The largest absolute Gasteiger partial charge is 0.379 e. The van der Waals surface area contributed by atoms with Crippen LogP contribution in [0.1, 0.15) is 42.2 Å². The lowest BCUT2D eigenvalue weighted by molar-refractivity contribution is -0.140. The Labute approximate surface area is 194 Å². The van der Waals surface area contributed by atoms with E-state index < -0.39 is 11.3 Å². The Hall–Kier alpha value is -1.46. The molecule has 3 fully saturated rings. The minimum Gasteiger partial charge on any atom is -0.379 e. The van der Waals surface area contributed by atoms with Crippen LogP contribution in [-0.2, 0) is 16.1 Å². The van der Waals surface area contributed by atoms with Crippen LogP contribution >= 0.6 is 24.8 Å². The van der Waals surface area contributed by atoms with E-state index in [1.54, 1.807) is 0 Å². The van der Waals surface area contributed by atoms with E-state index in [0.717, 1.165) is 58.5 Å². The number of nitrogens with zero attached hydrogens (tertiary/aromatic N) is 3. The van der Waals surface area contributed by atoms with E-state index in [0.29, 0.717) is 18.5 Å². The van der Waals surface area contributed by atoms with Crippen LogP contribution in [0.2, 0.25) is 0 Å². The zero-order chi connectivity index (χ0) is 20.3. The van der Waals surface area contributed by atoms with E-state index in [9.17, 15) is 9.59 Å². The fourth-order valence-electron chi connectivity index (χ4n) is 5.03. The molecule has 0 radical (unpaired) electrons. The molecule has 31 heavy (non-hydrogen) atoms. The molecule has 176 valence electrons. The summed E-state index contributed by atoms with van der Waals surface area (Å²) in [6, 6.07) is 0.536. The highest BCUT2D eigenvalue weighted by molar-refractivity contribution is 5.90. The number of carbonyl (C=O) groups excluding carboxylic acids is 2. The third-order valence-electron chi connectivity index (χ3n) is 6.68. The standard InChI is InChI=1S/C19H30N6O4.2ClH/c1-20-17(26)16-23-15(29-24-16)11-22-18(27)19-4-2-14(25-6-8-28-9-7-25)10-13(19)3-5-21-12-19;;/h13-14,21H,2-12H2,1H3,(H,20,26)(H,22,27);2*1H/t13-,14-,19-;;/m1../s1. The molecule has 2 saturated heterocycles. The monoisotopic (exact) mass is 478 g/mol. The molecule has 3 N–H and O–H groups in total. The van der Waals surface area contributed by atoms with E-state index in [-0.39, 0.29) is 49.0 Å². The molecule has 0 unspecified atom stereocenters. The maximum Gasteiger partial charge on any atom is 0.292 e. The summed E-state index contributed by atoms with van der Waals surface area (Å²) >= 11 is 0. The second-order valence-corrected chi connectivity index (χ2v) is 8.17. The Morgan fingerprint density at radius 2 is 2.03 bits per heavy atom. The van der Waals surface area contributed by atoms with Crippen LogP contribution in [0.4, 0.5) is 0 Å². The fraction of sp³-hybridized carbons (Fsp3) is 0.789. The van der Waals surface area contributed by atoms with Gasteiger partial charge in [0.2, 0.25) is 11.8 Å². The number of piperidine rings is 1. The number of fused-ring (bicyclic) bond motifs is 1. The third-order valence-corrected chi connectivity index (χ3v) is 6.68. The number of hydrogen-bond donors (Lipinski definition) is 3. The summed E-state index contributed by atoms with van der Waals surface area (Å²) in [6.45, 7) is 5.36. The van der Waals surface area contributed by atoms with E-state index in [2.05, 4.69) is 31.0 Å². The van der Waals surface area contributed by atoms with Gasteiger partial charge in [0.05, 0.1) is 25.2 Å². The number of amides is 2. The highest BCUT2D eigenvalue weighted by atomic mass is 35.5. The van der Waals surface area contributed by atoms with Gasteiger partial charge in [0, 0.05) is 32.7 Å². The zero-order valence-corrected chi connectivity index (χ0v) is 19.4. The van der Waals surface area contributed by atoms with Gasteiger partial charge in [0.1, 0.15) is 0 Å². The summed E-state index contributed by atoms with van der Waals surface area (Å²) in [5, 5.41) is 12.5. The van der Waals surface area contributed by atoms with E-state index in [1.807, 2.05) is 0 Å². The Bertz CT molecular complexity index is 745. The minimum atomic E-state index is -0.414. The highest BCUT2D eigenvalue weighted by Crippen LogP contribution is 2.46. The van der Waals surface area contributed by atoms with Crippen molar-refractivity contribution in [2.75, 3.05) is 46.4 Å². The van der Waals surface area contributed by atoms with Crippen molar-refractivity contribution in [3.05, 3.63) is 11.7 Å². The normalized spacial score (nSPS) is 28.4. The first kappa shape index (κ1) is 25.8. The topological polar surface area (TPSA) is 122 Å². The first-order chi connectivity index (χ1) is 14.1. The second-order valence-electron chi connectivity index (χ2n) is 8.17. The Morgan fingerprint density at radius 3 is 2.77 bits per heavy atom. The van der Waals surface area contributed by atoms with Gasteiger partial charge in [-0.3, -0.25) is 14.5 Å². The number of aromatic nitrogens is 2. The van der Waals surface area contributed by atoms with Crippen molar-refractivity contribution in [3.63, 3.8) is 0 Å². The quantitative estimate of drug-likeness (QED) is 0.554. The van der Waals surface area contributed by atoms with Crippen LogP contribution in [0.3, 0.4) is 0 Å². The van der Waals surface area contributed by atoms with Crippen LogP contribution in [0.25, 0.3) is 0 Å². The van der Waals surface area contributed by atoms with Crippen LogP contribution in [0.5, 0.6) is 0 Å². The molecular formula is C19H32Cl2N6O4. The zero-order valence-electron chi connectivity index (χ0n) is 17.7. The van der Waals surface area contributed by atoms with Gasteiger partial charge < -0.3 is 25.2 Å². The van der Waals surface area contributed by atoms with Crippen molar-refractivity contribution in [1.29, 1.82) is 0 Å². The molecule has 1 aromatic rings. The summed E-state index contributed by atoms with van der Waals surface area (Å²) in [4.78, 5) is 31.4. The van der Waals surface area contributed by atoms with Crippen LogP contribution in [0, 0.1) is 11.3 Å². The van der Waals surface area contributed by atoms with Gasteiger partial charge in [-0.1, -0.05) is 5.16 Å². The number of rotatable bonds is 5. The van der Waals surface area contributed by atoms with Gasteiger partial charge in [-0.25, -0.2) is 0 Å². The molecule has 12 heteroatoms. The summed E-state index contributed by atoms with van der Waals surface area (Å²) < 4.78 is 10.6. The number of ether oxygens (including phenoxy) is 1. The lowest BCUT2D eigenvalue weighted by Gasteiger charge is -2.50. The number of hydrogen-bond acceptors (Lipinski definition) is 8. The van der Waals surface area contributed by atoms with Crippen molar-refractivity contribution in [2.45, 2.75) is 38.3 Å². The molecule has 1 aliphatic carbocycles. The number of halogens is 2. The summed E-state index contributed by atoms with van der Waals surface area (Å²) in [6.07, 6.45) is 3.95. The van der Waals surface area contributed by atoms with Crippen LogP contribution in [-0.4, -0.2) is 79.3 Å². The van der Waals surface area contributed by atoms with Crippen molar-refractivity contribution < 1.29 is 18.8 Å². The minimum absolute atomic E-state index is 0.